The van der Waals surface area contributed by atoms with Crippen molar-refractivity contribution < 1.29 is 12.8 Å². The van der Waals surface area contributed by atoms with Gasteiger partial charge < -0.3 is 10.2 Å². The molecule has 0 saturated carbocycles. The molecule has 114 valence electrons. The maximum absolute atomic E-state index is 12.7. The summed E-state index contributed by atoms with van der Waals surface area (Å²) in [6.07, 6.45) is 0. The summed E-state index contributed by atoms with van der Waals surface area (Å²) in [5, 5.41) is 0. The average Bonchev–Trinajstić information content (AvgIpc) is 2.87. The van der Waals surface area contributed by atoms with E-state index in [2.05, 4.69) is 15.9 Å². The Morgan fingerprint density at radius 2 is 1.95 bits per heavy atom. The van der Waals surface area contributed by atoms with Gasteiger partial charge in [-0.05, 0) is 21.5 Å². The minimum Gasteiger partial charge on any atom is -0.452 e. The third-order valence-electron chi connectivity index (χ3n) is 3.08. The molecule has 0 fully saturated rings. The number of nitrogens with two attached hydrogens (primary N) is 1. The lowest BCUT2D eigenvalue weighted by molar-refractivity contribution is 0.420. The van der Waals surface area contributed by atoms with Gasteiger partial charge in [0.1, 0.15) is 10.7 Å². The van der Waals surface area contributed by atoms with Crippen LogP contribution in [0, 0.1) is 0 Å². The summed E-state index contributed by atoms with van der Waals surface area (Å²) in [7, 11) is -3.63. The van der Waals surface area contributed by atoms with Gasteiger partial charge in [0, 0.05) is 19.2 Å². The van der Waals surface area contributed by atoms with E-state index in [9.17, 15) is 8.42 Å². The highest BCUT2D eigenvalue weighted by atomic mass is 79.9. The molecular formula is C14H17BrN2O3S. The van der Waals surface area contributed by atoms with Crippen LogP contribution in [0.3, 0.4) is 0 Å². The molecule has 0 atom stereocenters. The molecule has 0 aliphatic carbocycles. The maximum Gasteiger partial charge on any atom is 0.247 e. The van der Waals surface area contributed by atoms with Crippen LogP contribution in [0.1, 0.15) is 18.2 Å². The third kappa shape index (κ3) is 3.55. The maximum atomic E-state index is 12.7. The van der Waals surface area contributed by atoms with E-state index in [-0.39, 0.29) is 16.1 Å². The summed E-state index contributed by atoms with van der Waals surface area (Å²) in [6, 6.07) is 10.9. The summed E-state index contributed by atoms with van der Waals surface area (Å²) < 4.78 is 32.3. The molecule has 0 spiro atoms. The number of nitrogens with zero attached hydrogens (tertiary/aromatic N) is 1. The van der Waals surface area contributed by atoms with E-state index in [1.807, 2.05) is 30.3 Å². The second-order valence-electron chi connectivity index (χ2n) is 4.47. The Morgan fingerprint density at radius 1 is 1.29 bits per heavy atom. The van der Waals surface area contributed by atoms with Crippen molar-refractivity contribution in [1.29, 1.82) is 0 Å². The Balaban J connectivity index is 2.33. The van der Waals surface area contributed by atoms with Gasteiger partial charge in [-0.15, -0.1) is 0 Å². The standard InChI is InChI=1S/C14H17BrN2O3S/c1-2-17(10-11-6-4-3-5-7-11)21(18,19)13-8-12(9-16)20-14(13)15/h3-8H,2,9-10,16H2,1H3. The van der Waals surface area contributed by atoms with Crippen LogP contribution < -0.4 is 5.73 Å². The third-order valence-corrected chi connectivity index (χ3v) is 5.86. The lowest BCUT2D eigenvalue weighted by atomic mass is 10.2. The monoisotopic (exact) mass is 372 g/mol. The van der Waals surface area contributed by atoms with Crippen LogP contribution in [0.2, 0.25) is 0 Å². The van der Waals surface area contributed by atoms with Crippen LogP contribution in [0.4, 0.5) is 0 Å². The molecule has 0 aliphatic rings. The summed E-state index contributed by atoms with van der Waals surface area (Å²) in [6.45, 7) is 2.64. The number of sulfonamides is 1. The van der Waals surface area contributed by atoms with Crippen LogP contribution in [0.25, 0.3) is 0 Å². The first kappa shape index (κ1) is 16.2. The molecule has 2 aromatic rings. The first-order valence-electron chi connectivity index (χ1n) is 6.51. The Morgan fingerprint density at radius 3 is 2.48 bits per heavy atom. The van der Waals surface area contributed by atoms with Crippen molar-refractivity contribution in [2.75, 3.05) is 6.54 Å². The first-order chi connectivity index (χ1) is 9.98. The van der Waals surface area contributed by atoms with Crippen LogP contribution in [-0.2, 0) is 23.1 Å². The van der Waals surface area contributed by atoms with E-state index in [4.69, 9.17) is 10.2 Å². The summed E-state index contributed by atoms with van der Waals surface area (Å²) >= 11 is 3.15. The van der Waals surface area contributed by atoms with Crippen molar-refractivity contribution in [2.45, 2.75) is 24.9 Å². The van der Waals surface area contributed by atoms with Crippen LogP contribution in [0.5, 0.6) is 0 Å². The molecule has 21 heavy (non-hydrogen) atoms. The number of benzene rings is 1. The summed E-state index contributed by atoms with van der Waals surface area (Å²) in [4.78, 5) is 0.112. The van der Waals surface area contributed by atoms with Gasteiger partial charge in [0.2, 0.25) is 10.0 Å². The Hall–Kier alpha value is -1.15. The van der Waals surface area contributed by atoms with Crippen molar-refractivity contribution in [3.05, 3.63) is 52.4 Å². The zero-order chi connectivity index (χ0) is 15.5. The van der Waals surface area contributed by atoms with Gasteiger partial charge in [0.25, 0.3) is 0 Å². The molecule has 2 rings (SSSR count). The zero-order valence-corrected chi connectivity index (χ0v) is 14.0. The van der Waals surface area contributed by atoms with Crippen molar-refractivity contribution >= 4 is 26.0 Å². The molecule has 5 nitrogen and oxygen atoms in total. The molecule has 1 aromatic carbocycles. The molecule has 1 aromatic heterocycles. The van der Waals surface area contributed by atoms with Crippen LogP contribution in [-0.4, -0.2) is 19.3 Å². The number of hydrogen-bond acceptors (Lipinski definition) is 4. The fourth-order valence-electron chi connectivity index (χ4n) is 1.97. The fraction of sp³-hybridized carbons (Fsp3) is 0.286. The van der Waals surface area contributed by atoms with E-state index < -0.39 is 10.0 Å². The van der Waals surface area contributed by atoms with Gasteiger partial charge in [0.15, 0.2) is 4.67 Å². The van der Waals surface area contributed by atoms with E-state index in [0.717, 1.165) is 5.56 Å². The smallest absolute Gasteiger partial charge is 0.247 e. The topological polar surface area (TPSA) is 76.5 Å². The van der Waals surface area contributed by atoms with Crippen LogP contribution in [0.15, 0.2) is 50.4 Å². The molecule has 2 N–H and O–H groups in total. The van der Waals surface area contributed by atoms with Crippen molar-refractivity contribution in [2.24, 2.45) is 5.73 Å². The first-order valence-corrected chi connectivity index (χ1v) is 8.74. The molecule has 0 unspecified atom stereocenters. The molecule has 0 bridgehead atoms. The van der Waals surface area contributed by atoms with E-state index in [1.165, 1.54) is 10.4 Å². The lowest BCUT2D eigenvalue weighted by Crippen LogP contribution is -2.30. The lowest BCUT2D eigenvalue weighted by Gasteiger charge is -2.19. The minimum absolute atomic E-state index is 0.112. The molecular weight excluding hydrogens is 356 g/mol. The SMILES string of the molecule is CCN(Cc1ccccc1)S(=O)(=O)c1cc(CN)oc1Br. The molecule has 7 heteroatoms. The Bertz CT molecular complexity index is 698. The number of furan rings is 1. The van der Waals surface area contributed by atoms with E-state index in [0.29, 0.717) is 18.8 Å². The van der Waals surface area contributed by atoms with Crippen molar-refractivity contribution in [3.63, 3.8) is 0 Å². The predicted molar refractivity (Wildman–Crippen MR) is 84.0 cm³/mol. The molecule has 0 radical (unpaired) electrons. The van der Waals surface area contributed by atoms with Crippen molar-refractivity contribution in [3.8, 4) is 0 Å². The Labute approximate surface area is 132 Å². The van der Waals surface area contributed by atoms with Gasteiger partial charge >= 0.3 is 0 Å². The highest BCUT2D eigenvalue weighted by Crippen LogP contribution is 2.29. The van der Waals surface area contributed by atoms with E-state index >= 15 is 0 Å². The average molecular weight is 373 g/mol. The molecule has 0 amide bonds. The van der Waals surface area contributed by atoms with Gasteiger partial charge in [-0.3, -0.25) is 0 Å². The fourth-order valence-corrected chi connectivity index (χ4v) is 4.37. The van der Waals surface area contributed by atoms with Crippen LogP contribution >= 0.6 is 15.9 Å². The van der Waals surface area contributed by atoms with Gasteiger partial charge in [-0.2, -0.15) is 4.31 Å². The zero-order valence-electron chi connectivity index (χ0n) is 11.6. The second-order valence-corrected chi connectivity index (χ2v) is 7.10. The molecule has 1 heterocycles. The molecule has 0 aliphatic heterocycles. The van der Waals surface area contributed by atoms with Gasteiger partial charge in [-0.1, -0.05) is 37.3 Å². The predicted octanol–water partition coefficient (Wildman–Crippen LogP) is 2.71. The Kier molecular flexibility index (Phi) is 5.21. The largest absolute Gasteiger partial charge is 0.452 e. The van der Waals surface area contributed by atoms with Crippen molar-refractivity contribution in [1.82, 2.24) is 4.31 Å². The summed E-state index contributed by atoms with van der Waals surface area (Å²) in [5.74, 6) is 0.427. The van der Waals surface area contributed by atoms with E-state index in [1.54, 1.807) is 6.92 Å². The highest BCUT2D eigenvalue weighted by molar-refractivity contribution is 9.10. The normalized spacial score (nSPS) is 12.0. The number of rotatable bonds is 6. The second kappa shape index (κ2) is 6.74. The minimum atomic E-state index is -3.63. The summed E-state index contributed by atoms with van der Waals surface area (Å²) in [5.41, 5.74) is 6.42. The number of hydrogen-bond donors (Lipinski definition) is 1. The molecule has 0 saturated heterocycles. The van der Waals surface area contributed by atoms with Gasteiger partial charge in [-0.25, -0.2) is 8.42 Å². The highest BCUT2D eigenvalue weighted by Gasteiger charge is 2.28. The van der Waals surface area contributed by atoms with Gasteiger partial charge in [0.05, 0.1) is 6.54 Å². The number of halogens is 1. The quantitative estimate of drug-likeness (QED) is 0.845.